The van der Waals surface area contributed by atoms with Crippen molar-refractivity contribution >= 4 is 17.4 Å². The number of hydrogen-bond acceptors (Lipinski definition) is 6. The van der Waals surface area contributed by atoms with E-state index in [2.05, 4.69) is 11.9 Å². The fraction of sp³-hybridized carbons (Fsp3) is 0.250. The van der Waals surface area contributed by atoms with Crippen LogP contribution in [0, 0.1) is 6.92 Å². The van der Waals surface area contributed by atoms with Crippen LogP contribution in [0.25, 0.3) is 5.76 Å². The smallest absolute Gasteiger partial charge is 0.295 e. The molecule has 1 atom stereocenters. The van der Waals surface area contributed by atoms with Crippen molar-refractivity contribution in [2.75, 3.05) is 6.61 Å². The van der Waals surface area contributed by atoms with E-state index < -0.39 is 17.7 Å². The lowest BCUT2D eigenvalue weighted by atomic mass is 9.95. The zero-order valence-electron chi connectivity index (χ0n) is 24.5. The molecule has 1 fully saturated rings. The molecule has 0 bridgehead atoms. The highest BCUT2D eigenvalue weighted by Gasteiger charge is 2.46. The van der Waals surface area contributed by atoms with E-state index in [-0.39, 0.29) is 17.9 Å². The normalized spacial score (nSPS) is 16.0. The van der Waals surface area contributed by atoms with Crippen LogP contribution in [0.5, 0.6) is 11.5 Å². The minimum absolute atomic E-state index is 0.0408. The Kier molecular flexibility index (Phi) is 9.52. The van der Waals surface area contributed by atoms with Crippen molar-refractivity contribution in [2.45, 2.75) is 52.3 Å². The summed E-state index contributed by atoms with van der Waals surface area (Å²) in [4.78, 5) is 32.5. The summed E-state index contributed by atoms with van der Waals surface area (Å²) in [5.41, 5.74) is 4.16. The first-order valence-electron chi connectivity index (χ1n) is 14.6. The van der Waals surface area contributed by atoms with Gasteiger partial charge in [-0.05, 0) is 78.1 Å². The predicted octanol–water partition coefficient (Wildman–Crippen LogP) is 7.16. The maximum Gasteiger partial charge on any atom is 0.295 e. The van der Waals surface area contributed by atoms with Crippen LogP contribution in [-0.4, -0.2) is 33.3 Å². The highest BCUT2D eigenvalue weighted by molar-refractivity contribution is 6.46. The molecule has 1 aromatic heterocycles. The van der Waals surface area contributed by atoms with Gasteiger partial charge < -0.3 is 19.5 Å². The van der Waals surface area contributed by atoms with Gasteiger partial charge in [-0.25, -0.2) is 0 Å². The molecular weight excluding hydrogens is 540 g/mol. The van der Waals surface area contributed by atoms with Gasteiger partial charge >= 0.3 is 0 Å². The van der Waals surface area contributed by atoms with E-state index in [9.17, 15) is 14.7 Å². The van der Waals surface area contributed by atoms with E-state index in [1.54, 1.807) is 42.7 Å². The van der Waals surface area contributed by atoms with Crippen molar-refractivity contribution in [1.29, 1.82) is 0 Å². The van der Waals surface area contributed by atoms with Crippen LogP contribution in [0.3, 0.4) is 0 Å². The molecule has 5 rings (SSSR count). The zero-order valence-corrected chi connectivity index (χ0v) is 24.5. The Morgan fingerprint density at radius 3 is 2.30 bits per heavy atom. The number of benzene rings is 3. The number of Topliss-reactive ketones (excluding diaryl/α,β-unsaturated/α-hetero) is 1. The second kappa shape index (κ2) is 13.8. The quantitative estimate of drug-likeness (QED) is 0.0833. The van der Waals surface area contributed by atoms with Crippen molar-refractivity contribution in [3.8, 4) is 11.5 Å². The summed E-state index contributed by atoms with van der Waals surface area (Å²) in [6, 6.07) is 25.1. The first-order valence-corrected chi connectivity index (χ1v) is 14.6. The van der Waals surface area contributed by atoms with Crippen molar-refractivity contribution in [1.82, 2.24) is 9.88 Å². The minimum Gasteiger partial charge on any atom is -0.507 e. The van der Waals surface area contributed by atoms with Gasteiger partial charge in [0.05, 0.1) is 18.2 Å². The molecule has 4 aromatic rings. The number of pyridine rings is 1. The summed E-state index contributed by atoms with van der Waals surface area (Å²) in [6.45, 7) is 5.38. The fourth-order valence-electron chi connectivity index (χ4n) is 5.16. The Labute approximate surface area is 252 Å². The van der Waals surface area contributed by atoms with Crippen molar-refractivity contribution in [3.63, 3.8) is 0 Å². The number of aromatic nitrogens is 1. The number of likely N-dealkylation sites (tertiary alicyclic amines) is 1. The maximum absolute atomic E-state index is 13.5. The Morgan fingerprint density at radius 2 is 1.60 bits per heavy atom. The maximum atomic E-state index is 13.5. The number of aliphatic hydroxyl groups excluding tert-OH is 1. The number of rotatable bonds is 12. The van der Waals surface area contributed by atoms with Crippen LogP contribution in [0.15, 0.2) is 103 Å². The third kappa shape index (κ3) is 6.95. The van der Waals surface area contributed by atoms with E-state index in [0.29, 0.717) is 35.8 Å². The van der Waals surface area contributed by atoms with E-state index in [4.69, 9.17) is 9.47 Å². The second-order valence-electron chi connectivity index (χ2n) is 10.7. The molecule has 2 heterocycles. The molecule has 7 heteroatoms. The summed E-state index contributed by atoms with van der Waals surface area (Å²) >= 11 is 0. The number of amides is 1. The number of aliphatic hydroxyl groups is 1. The fourth-order valence-corrected chi connectivity index (χ4v) is 5.16. The predicted molar refractivity (Wildman–Crippen MR) is 165 cm³/mol. The molecule has 1 aliphatic rings. The standard InChI is InChI=1S/C36H36N2O5/c1-3-4-7-21-42-30-16-12-27(13-17-30)33-32(35(40)36(41)38(33)23-26-10-8-20-37-22-26)34(39)28-14-18-31(19-15-28)43-24-29-11-6-5-9-25(29)2/h5-6,8-20,22,33,39H,3-4,7,21,23-24H2,1-2H3/b34-32+. The lowest BCUT2D eigenvalue weighted by molar-refractivity contribution is -0.140. The Bertz CT molecular complexity index is 1580. The monoisotopic (exact) mass is 576 g/mol. The van der Waals surface area contributed by atoms with Crippen LogP contribution >= 0.6 is 0 Å². The lowest BCUT2D eigenvalue weighted by Gasteiger charge is -2.25. The first-order chi connectivity index (χ1) is 21.0. The van der Waals surface area contributed by atoms with Gasteiger partial charge in [0, 0.05) is 24.5 Å². The molecule has 3 aromatic carbocycles. The summed E-state index contributed by atoms with van der Waals surface area (Å²) in [5, 5.41) is 11.5. The minimum atomic E-state index is -0.786. The lowest BCUT2D eigenvalue weighted by Crippen LogP contribution is -2.29. The number of carbonyl (C=O) groups is 2. The van der Waals surface area contributed by atoms with E-state index in [1.807, 2.05) is 61.5 Å². The van der Waals surface area contributed by atoms with Crippen molar-refractivity contribution < 1.29 is 24.2 Å². The molecule has 0 saturated carbocycles. The Hall–Kier alpha value is -4.91. The molecule has 1 aliphatic heterocycles. The van der Waals surface area contributed by atoms with E-state index in [1.165, 1.54) is 4.90 Å². The number of aryl methyl sites for hydroxylation is 1. The third-order valence-electron chi connectivity index (χ3n) is 7.61. The number of unbranched alkanes of at least 4 members (excludes halogenated alkanes) is 2. The highest BCUT2D eigenvalue weighted by Crippen LogP contribution is 2.41. The van der Waals surface area contributed by atoms with E-state index >= 15 is 0 Å². The molecule has 43 heavy (non-hydrogen) atoms. The molecule has 7 nitrogen and oxygen atoms in total. The van der Waals surface area contributed by atoms with Crippen LogP contribution in [0.2, 0.25) is 0 Å². The van der Waals surface area contributed by atoms with Crippen LogP contribution in [-0.2, 0) is 22.7 Å². The SMILES string of the molecule is CCCCCOc1ccc(C2/C(=C(\O)c3ccc(OCc4ccccc4C)cc3)C(=O)C(=O)N2Cc2cccnc2)cc1. The first kappa shape index (κ1) is 29.6. The summed E-state index contributed by atoms with van der Waals surface area (Å²) < 4.78 is 11.8. The third-order valence-corrected chi connectivity index (χ3v) is 7.61. The zero-order chi connectivity index (χ0) is 30.2. The average Bonchev–Trinajstić information content (AvgIpc) is 3.28. The van der Waals surface area contributed by atoms with Gasteiger partial charge in [0.1, 0.15) is 23.9 Å². The Morgan fingerprint density at radius 1 is 0.884 bits per heavy atom. The van der Waals surface area contributed by atoms with Crippen molar-refractivity contribution in [2.24, 2.45) is 0 Å². The van der Waals surface area contributed by atoms with Gasteiger partial charge in [0.15, 0.2) is 0 Å². The molecule has 0 radical (unpaired) electrons. The average molecular weight is 577 g/mol. The Balaban J connectivity index is 1.44. The van der Waals surface area contributed by atoms with E-state index in [0.717, 1.165) is 36.0 Å². The molecule has 1 unspecified atom stereocenters. The van der Waals surface area contributed by atoms with Gasteiger partial charge in [-0.2, -0.15) is 0 Å². The van der Waals surface area contributed by atoms with Gasteiger partial charge in [-0.15, -0.1) is 0 Å². The summed E-state index contributed by atoms with van der Waals surface area (Å²) in [7, 11) is 0. The molecular formula is C36H36N2O5. The molecule has 0 spiro atoms. The number of ketones is 1. The molecule has 1 N–H and O–H groups in total. The largest absolute Gasteiger partial charge is 0.507 e. The highest BCUT2D eigenvalue weighted by atomic mass is 16.5. The number of nitrogens with zero attached hydrogens (tertiary/aromatic N) is 2. The molecule has 1 saturated heterocycles. The number of hydrogen-bond donors (Lipinski definition) is 1. The van der Waals surface area contributed by atoms with Gasteiger partial charge in [-0.1, -0.05) is 62.2 Å². The van der Waals surface area contributed by atoms with Crippen LogP contribution < -0.4 is 9.47 Å². The van der Waals surface area contributed by atoms with Gasteiger partial charge in [0.25, 0.3) is 11.7 Å². The molecule has 0 aliphatic carbocycles. The van der Waals surface area contributed by atoms with Crippen molar-refractivity contribution in [3.05, 3.63) is 131 Å². The van der Waals surface area contributed by atoms with Crippen LogP contribution in [0.4, 0.5) is 0 Å². The molecule has 220 valence electrons. The second-order valence-corrected chi connectivity index (χ2v) is 10.7. The van der Waals surface area contributed by atoms with Gasteiger partial charge in [0.2, 0.25) is 0 Å². The molecule has 1 amide bonds. The topological polar surface area (TPSA) is 89.0 Å². The number of ether oxygens (including phenoxy) is 2. The number of carbonyl (C=O) groups excluding carboxylic acids is 2. The summed E-state index contributed by atoms with van der Waals surface area (Å²) in [6.07, 6.45) is 6.50. The summed E-state index contributed by atoms with van der Waals surface area (Å²) in [5.74, 6) is -0.296. The van der Waals surface area contributed by atoms with Gasteiger partial charge in [-0.3, -0.25) is 14.6 Å². The van der Waals surface area contributed by atoms with Crippen LogP contribution in [0.1, 0.15) is 60.0 Å².